The van der Waals surface area contributed by atoms with Gasteiger partial charge in [0.05, 0.1) is 0 Å². The highest BCUT2D eigenvalue weighted by molar-refractivity contribution is 5.70. The van der Waals surface area contributed by atoms with Crippen LogP contribution in [0.1, 0.15) is 0 Å². The van der Waals surface area contributed by atoms with Gasteiger partial charge in [-0.25, -0.2) is 0 Å². The molecule has 0 aromatic rings. The van der Waals surface area contributed by atoms with E-state index in [2.05, 4.69) is 0 Å². The summed E-state index contributed by atoms with van der Waals surface area (Å²) in [5, 5.41) is 8.78. The molecule has 8 heavy (non-hydrogen) atoms. The lowest BCUT2D eigenvalue weighted by atomic mass is 10.7. The third-order valence-corrected chi connectivity index (χ3v) is 0.231. The first-order valence-corrected chi connectivity index (χ1v) is 1.23. The summed E-state index contributed by atoms with van der Waals surface area (Å²) in [7, 11) is 0. The van der Waals surface area contributed by atoms with Crippen LogP contribution in [0.5, 0.6) is 0 Å². The molecule has 0 fully saturated rings. The van der Waals surface area contributed by atoms with E-state index >= 15 is 0 Å². The zero-order valence-corrected chi connectivity index (χ0v) is 5.49. The van der Waals surface area contributed by atoms with Gasteiger partial charge >= 0.3 is 30.2 Å². The van der Waals surface area contributed by atoms with Gasteiger partial charge in [0.1, 0.15) is 5.97 Å². The van der Waals surface area contributed by atoms with Crippen molar-refractivity contribution in [1.29, 1.82) is 0 Å². The van der Waals surface area contributed by atoms with Crippen molar-refractivity contribution in [3.63, 3.8) is 0 Å². The number of alkyl halides is 3. The van der Waals surface area contributed by atoms with Crippen molar-refractivity contribution in [3.8, 4) is 0 Å². The van der Waals surface area contributed by atoms with Gasteiger partial charge < -0.3 is 9.90 Å². The highest BCUT2D eigenvalue weighted by atomic mass is 127. The largest absolute Gasteiger partial charge is 1.00 e. The van der Waals surface area contributed by atoms with Crippen LogP contribution in [0, 0.1) is 0 Å². The summed E-state index contributed by atoms with van der Waals surface area (Å²) >= 11 is 0. The topological polar surface area (TPSA) is 40.1 Å². The van der Waals surface area contributed by atoms with Crippen LogP contribution in [0.2, 0.25) is 0 Å². The van der Waals surface area contributed by atoms with E-state index in [9.17, 15) is 13.2 Å². The number of carbonyl (C=O) groups is 1. The Morgan fingerprint density at radius 1 is 1.38 bits per heavy atom. The molecule has 0 saturated heterocycles. The van der Waals surface area contributed by atoms with Gasteiger partial charge in [-0.3, -0.25) is 0 Å². The number of carboxylic acids is 1. The lowest BCUT2D eigenvalue weighted by Crippen LogP contribution is -3.00. The maximum Gasteiger partial charge on any atom is 1.00 e. The van der Waals surface area contributed by atoms with Crippen LogP contribution < -0.4 is 29.1 Å². The first-order chi connectivity index (χ1) is 2.94. The zero-order chi connectivity index (χ0) is 6.08. The molecule has 0 heterocycles. The average Bonchev–Trinajstić information content (AvgIpc) is 1.31. The van der Waals surface area contributed by atoms with Gasteiger partial charge in [0.25, 0.3) is 0 Å². The second-order valence-electron chi connectivity index (χ2n) is 0.785. The average molecular weight is 240 g/mol. The van der Waals surface area contributed by atoms with E-state index in [1.807, 2.05) is 0 Å². The van der Waals surface area contributed by atoms with Crippen molar-refractivity contribution in [2.75, 3.05) is 0 Å². The van der Waals surface area contributed by atoms with Crippen LogP contribution in [-0.2, 0) is 4.79 Å². The Morgan fingerprint density at radius 2 is 1.50 bits per heavy atom. The molecule has 48 valence electrons. The fourth-order valence-corrected chi connectivity index (χ4v) is 0. The first kappa shape index (κ1) is 10.9. The molecule has 0 spiro atoms. The van der Waals surface area contributed by atoms with Crippen molar-refractivity contribution < 1.29 is 47.0 Å². The monoisotopic (exact) mass is 240 g/mol. The Balaban J connectivity index is 0. The Labute approximate surface area is 59.7 Å². The molecule has 2 radical (unpaired) electrons. The number of hydrogen-bond donors (Lipinski definition) is 0. The highest BCUT2D eigenvalue weighted by Crippen LogP contribution is 2.11. The predicted molar refractivity (Wildman–Crippen MR) is 11.1 cm³/mol. The summed E-state index contributed by atoms with van der Waals surface area (Å²) in [5.41, 5.74) is 0. The molecule has 0 atom stereocenters. The number of halogens is 4. The molecule has 0 bridgehead atoms. The lowest BCUT2D eigenvalue weighted by Gasteiger charge is -2.03. The predicted octanol–water partition coefficient (Wildman–Crippen LogP) is -3.70. The van der Waals surface area contributed by atoms with Crippen LogP contribution in [0.3, 0.4) is 0 Å². The lowest BCUT2D eigenvalue weighted by molar-refractivity contribution is -0.344. The van der Waals surface area contributed by atoms with Crippen LogP contribution in [-0.4, -0.2) is 12.1 Å². The van der Waals surface area contributed by atoms with Crippen molar-refractivity contribution in [1.82, 2.24) is 0 Å². The molecular weight excluding hydrogens is 240 g/mol. The van der Waals surface area contributed by atoms with Gasteiger partial charge in [-0.05, 0) is 0 Å². The number of hydrogen-bond acceptors (Lipinski definition) is 2. The van der Waals surface area contributed by atoms with Crippen molar-refractivity contribution in [2.24, 2.45) is 0 Å². The van der Waals surface area contributed by atoms with E-state index < -0.39 is 12.1 Å². The SMILES string of the molecule is O=C([O-])C(F)(F)F.[I+]. The number of carbonyl (C=O) groups excluding carboxylic acids is 1. The van der Waals surface area contributed by atoms with Crippen molar-refractivity contribution >= 4 is 5.97 Å². The molecule has 0 rings (SSSR count). The standard InChI is InChI=1S/C2HF3O2.I/c3-2(4,5)1(6)7;/h(H,6,7);/q;+1/p-1. The molecule has 0 aromatic heterocycles. The second-order valence-corrected chi connectivity index (χ2v) is 0.785. The number of carboxylic acid groups (broad SMARTS) is 1. The third-order valence-electron chi connectivity index (χ3n) is 0.231. The fourth-order valence-electron chi connectivity index (χ4n) is 0. The molecular formula is C2F3IO2. The number of aliphatic carboxylic acids is 1. The van der Waals surface area contributed by atoms with Gasteiger partial charge in [0, 0.05) is 0 Å². The van der Waals surface area contributed by atoms with Crippen LogP contribution in [0.15, 0.2) is 0 Å². The zero-order valence-electron chi connectivity index (χ0n) is 3.33. The molecule has 0 aromatic carbocycles. The van der Waals surface area contributed by atoms with Crippen LogP contribution in [0.4, 0.5) is 13.2 Å². The van der Waals surface area contributed by atoms with Crippen LogP contribution >= 0.6 is 0 Å². The Kier molecular flexibility index (Phi) is 4.22. The molecule has 0 N–H and O–H groups in total. The van der Waals surface area contributed by atoms with Gasteiger partial charge in [0.2, 0.25) is 0 Å². The molecule has 0 saturated carbocycles. The summed E-state index contributed by atoms with van der Waals surface area (Å²) in [6.07, 6.45) is -5.19. The van der Waals surface area contributed by atoms with E-state index in [1.165, 1.54) is 0 Å². The quantitative estimate of drug-likeness (QED) is 0.409. The maximum atomic E-state index is 10.5. The minimum atomic E-state index is -5.19. The number of rotatable bonds is 0. The third kappa shape index (κ3) is 4.16. The minimum Gasteiger partial charge on any atom is -0.542 e. The maximum absolute atomic E-state index is 10.5. The molecule has 0 unspecified atom stereocenters. The Morgan fingerprint density at radius 3 is 1.50 bits per heavy atom. The minimum absolute atomic E-state index is 0. The van der Waals surface area contributed by atoms with E-state index in [-0.39, 0.29) is 24.0 Å². The van der Waals surface area contributed by atoms with E-state index in [0.29, 0.717) is 0 Å². The normalized spacial score (nSPS) is 9.88. The molecule has 0 amide bonds. The van der Waals surface area contributed by atoms with Gasteiger partial charge in [0.15, 0.2) is 0 Å². The van der Waals surface area contributed by atoms with Crippen molar-refractivity contribution in [2.45, 2.75) is 6.18 Å². The fraction of sp³-hybridized carbons (Fsp3) is 0.500. The molecule has 2 nitrogen and oxygen atoms in total. The van der Waals surface area contributed by atoms with E-state index in [4.69, 9.17) is 9.90 Å². The van der Waals surface area contributed by atoms with Gasteiger partial charge in [-0.15, -0.1) is 0 Å². The molecule has 6 heteroatoms. The molecule has 0 aliphatic carbocycles. The van der Waals surface area contributed by atoms with Gasteiger partial charge in [-0.2, -0.15) is 13.2 Å². The first-order valence-electron chi connectivity index (χ1n) is 1.23. The molecule has 0 aliphatic heterocycles. The summed E-state index contributed by atoms with van der Waals surface area (Å²) in [6, 6.07) is 0. The van der Waals surface area contributed by atoms with E-state index in [0.717, 1.165) is 0 Å². The summed E-state index contributed by atoms with van der Waals surface area (Å²) in [4.78, 5) is 8.78. The Hall–Kier alpha value is -0.0100. The second kappa shape index (κ2) is 3.10. The summed E-state index contributed by atoms with van der Waals surface area (Å²) in [5.74, 6) is -3.01. The summed E-state index contributed by atoms with van der Waals surface area (Å²) in [6.45, 7) is 0. The summed E-state index contributed by atoms with van der Waals surface area (Å²) < 4.78 is 31.5. The Bertz CT molecular complexity index is 87.8. The molecule has 0 aliphatic rings. The van der Waals surface area contributed by atoms with Crippen LogP contribution in [0.25, 0.3) is 0 Å². The van der Waals surface area contributed by atoms with E-state index in [1.54, 1.807) is 0 Å². The van der Waals surface area contributed by atoms with Gasteiger partial charge in [-0.1, -0.05) is 0 Å². The smallest absolute Gasteiger partial charge is 0.542 e. The van der Waals surface area contributed by atoms with Crippen molar-refractivity contribution in [3.05, 3.63) is 0 Å². The highest BCUT2D eigenvalue weighted by Gasteiger charge is 2.28.